The number of likely N-dealkylation sites (N-methyl/N-ethyl adjacent to an activating group) is 1. The smallest absolute Gasteiger partial charge is 0.313 e. The van der Waals surface area contributed by atoms with Crippen LogP contribution in [-0.2, 0) is 16.0 Å². The van der Waals surface area contributed by atoms with Crippen LogP contribution in [0.25, 0.3) is 0 Å². The van der Waals surface area contributed by atoms with Gasteiger partial charge in [0.05, 0.1) is 24.9 Å². The molecular weight excluding hydrogens is 370 g/mol. The van der Waals surface area contributed by atoms with Crippen molar-refractivity contribution < 1.29 is 19.1 Å². The first kappa shape index (κ1) is 20.7. The Kier molecular flexibility index (Phi) is 6.72. The number of fused-ring (bicyclic) bond motifs is 1. The predicted octanol–water partition coefficient (Wildman–Crippen LogP) is 2.38. The van der Waals surface area contributed by atoms with Gasteiger partial charge < -0.3 is 25.0 Å². The third kappa shape index (κ3) is 5.06. The lowest BCUT2D eigenvalue weighted by Gasteiger charge is -2.25. The van der Waals surface area contributed by atoms with Gasteiger partial charge in [-0.2, -0.15) is 0 Å². The number of hydrogen-bond acceptors (Lipinski definition) is 5. The Morgan fingerprint density at radius 2 is 1.97 bits per heavy atom. The number of ether oxygens (including phenoxy) is 2. The quantitative estimate of drug-likeness (QED) is 0.702. The summed E-state index contributed by atoms with van der Waals surface area (Å²) in [4.78, 5) is 26.7. The van der Waals surface area contributed by atoms with Gasteiger partial charge in [-0.3, -0.25) is 9.59 Å². The van der Waals surface area contributed by atoms with Crippen molar-refractivity contribution in [2.75, 3.05) is 39.2 Å². The van der Waals surface area contributed by atoms with Gasteiger partial charge >= 0.3 is 11.8 Å². The van der Waals surface area contributed by atoms with E-state index in [9.17, 15) is 9.59 Å². The van der Waals surface area contributed by atoms with Crippen LogP contribution in [0.15, 0.2) is 42.5 Å². The fourth-order valence-corrected chi connectivity index (χ4v) is 3.31. The Morgan fingerprint density at radius 3 is 2.72 bits per heavy atom. The standard InChI is InChI=1S/C22H27N3O4/c1-4-28-20-8-6-5-7-17(20)24-22(27)21(26)23-14-18(25(2)3)15-9-10-19-16(13-15)11-12-29-19/h5-10,13,18H,4,11-12,14H2,1-3H3,(H,23,26)(H,24,27). The molecule has 3 rings (SSSR count). The molecule has 2 amide bonds. The van der Waals surface area contributed by atoms with Gasteiger partial charge in [0.25, 0.3) is 0 Å². The summed E-state index contributed by atoms with van der Waals surface area (Å²) in [6.45, 7) is 3.34. The number of benzene rings is 2. The van der Waals surface area contributed by atoms with Crippen LogP contribution in [0.1, 0.15) is 24.1 Å². The third-order valence-corrected chi connectivity index (χ3v) is 4.82. The molecule has 0 aromatic heterocycles. The molecule has 1 aliphatic rings. The molecule has 154 valence electrons. The highest BCUT2D eigenvalue weighted by Gasteiger charge is 2.21. The lowest BCUT2D eigenvalue weighted by Crippen LogP contribution is -2.40. The highest BCUT2D eigenvalue weighted by atomic mass is 16.5. The van der Waals surface area contributed by atoms with Crippen molar-refractivity contribution in [1.29, 1.82) is 0 Å². The first-order chi connectivity index (χ1) is 14.0. The van der Waals surface area contributed by atoms with Gasteiger partial charge in [0.1, 0.15) is 11.5 Å². The van der Waals surface area contributed by atoms with Crippen LogP contribution in [0.5, 0.6) is 11.5 Å². The van der Waals surface area contributed by atoms with Crippen LogP contribution in [-0.4, -0.2) is 50.6 Å². The summed E-state index contributed by atoms with van der Waals surface area (Å²) in [6.07, 6.45) is 0.886. The molecule has 29 heavy (non-hydrogen) atoms. The van der Waals surface area contributed by atoms with Gasteiger partial charge in [0.2, 0.25) is 0 Å². The molecule has 0 bridgehead atoms. The summed E-state index contributed by atoms with van der Waals surface area (Å²) >= 11 is 0. The minimum absolute atomic E-state index is 0.0617. The zero-order valence-electron chi connectivity index (χ0n) is 17.0. The van der Waals surface area contributed by atoms with Crippen LogP contribution in [0.4, 0.5) is 5.69 Å². The zero-order valence-corrected chi connectivity index (χ0v) is 17.0. The minimum Gasteiger partial charge on any atom is -0.493 e. The van der Waals surface area contributed by atoms with Crippen LogP contribution in [0, 0.1) is 0 Å². The number of anilines is 1. The molecule has 0 radical (unpaired) electrons. The lowest BCUT2D eigenvalue weighted by molar-refractivity contribution is -0.136. The number of nitrogens with one attached hydrogen (secondary N) is 2. The molecule has 2 N–H and O–H groups in total. The predicted molar refractivity (Wildman–Crippen MR) is 111 cm³/mol. The van der Waals surface area contributed by atoms with Crippen LogP contribution in [0.2, 0.25) is 0 Å². The van der Waals surface area contributed by atoms with Crippen molar-refractivity contribution >= 4 is 17.5 Å². The molecule has 7 heteroatoms. The van der Waals surface area contributed by atoms with E-state index in [0.717, 1.165) is 17.7 Å². The van der Waals surface area contributed by atoms with Crippen molar-refractivity contribution in [1.82, 2.24) is 10.2 Å². The monoisotopic (exact) mass is 397 g/mol. The maximum atomic E-state index is 12.4. The molecule has 7 nitrogen and oxygen atoms in total. The van der Waals surface area contributed by atoms with Crippen molar-refractivity contribution in [2.24, 2.45) is 0 Å². The van der Waals surface area contributed by atoms with Gasteiger partial charge in [0, 0.05) is 13.0 Å². The second-order valence-corrected chi connectivity index (χ2v) is 7.04. The maximum absolute atomic E-state index is 12.4. The first-order valence-corrected chi connectivity index (χ1v) is 9.72. The molecule has 2 aromatic carbocycles. The summed E-state index contributed by atoms with van der Waals surface area (Å²) in [5.74, 6) is 0.0370. The van der Waals surface area contributed by atoms with Gasteiger partial charge in [-0.05, 0) is 50.3 Å². The summed E-state index contributed by atoms with van der Waals surface area (Å²) in [5.41, 5.74) is 2.71. The van der Waals surface area contributed by atoms with E-state index in [1.165, 1.54) is 5.56 Å². The van der Waals surface area contributed by atoms with E-state index in [0.29, 0.717) is 31.2 Å². The highest BCUT2D eigenvalue weighted by Crippen LogP contribution is 2.29. The van der Waals surface area contributed by atoms with Crippen molar-refractivity contribution in [3.63, 3.8) is 0 Å². The second-order valence-electron chi connectivity index (χ2n) is 7.04. The summed E-state index contributed by atoms with van der Waals surface area (Å²) in [5, 5.41) is 5.35. The molecule has 1 unspecified atom stereocenters. The first-order valence-electron chi connectivity index (χ1n) is 9.72. The zero-order chi connectivity index (χ0) is 20.8. The SMILES string of the molecule is CCOc1ccccc1NC(=O)C(=O)NCC(c1ccc2c(c1)CCO2)N(C)C. The number of rotatable bonds is 7. The second kappa shape index (κ2) is 9.43. The minimum atomic E-state index is -0.725. The van der Waals surface area contributed by atoms with E-state index in [1.54, 1.807) is 18.2 Å². The van der Waals surface area contributed by atoms with Crippen LogP contribution < -0.4 is 20.1 Å². The maximum Gasteiger partial charge on any atom is 0.313 e. The van der Waals surface area contributed by atoms with E-state index >= 15 is 0 Å². The van der Waals surface area contributed by atoms with Gasteiger partial charge in [-0.1, -0.05) is 24.3 Å². The fraction of sp³-hybridized carbons (Fsp3) is 0.364. The lowest BCUT2D eigenvalue weighted by atomic mass is 10.0. The Hall–Kier alpha value is -3.06. The molecule has 0 aliphatic carbocycles. The fourth-order valence-electron chi connectivity index (χ4n) is 3.31. The Balaban J connectivity index is 1.62. The number of nitrogens with zero attached hydrogens (tertiary/aromatic N) is 1. The molecule has 1 atom stereocenters. The molecule has 1 heterocycles. The number of amides is 2. The molecule has 0 saturated carbocycles. The van der Waals surface area contributed by atoms with E-state index in [2.05, 4.69) is 16.7 Å². The number of hydrogen-bond donors (Lipinski definition) is 2. The van der Waals surface area contributed by atoms with E-state index in [1.807, 2.05) is 44.1 Å². The van der Waals surface area contributed by atoms with E-state index < -0.39 is 11.8 Å². The topological polar surface area (TPSA) is 79.9 Å². The molecule has 0 fully saturated rings. The van der Waals surface area contributed by atoms with Gasteiger partial charge in [-0.15, -0.1) is 0 Å². The summed E-state index contributed by atoms with van der Waals surface area (Å²) in [7, 11) is 3.89. The molecule has 0 saturated heterocycles. The number of carbonyl (C=O) groups excluding carboxylic acids is 2. The van der Waals surface area contributed by atoms with Gasteiger partial charge in [-0.25, -0.2) is 0 Å². The Morgan fingerprint density at radius 1 is 1.17 bits per heavy atom. The molecular formula is C22H27N3O4. The molecule has 1 aliphatic heterocycles. The average Bonchev–Trinajstić information content (AvgIpc) is 3.17. The van der Waals surface area contributed by atoms with E-state index in [-0.39, 0.29) is 6.04 Å². The Bertz CT molecular complexity index is 882. The van der Waals surface area contributed by atoms with Crippen molar-refractivity contribution in [3.8, 4) is 11.5 Å². The van der Waals surface area contributed by atoms with Crippen LogP contribution in [0.3, 0.4) is 0 Å². The Labute approximate surface area is 171 Å². The highest BCUT2D eigenvalue weighted by molar-refractivity contribution is 6.39. The molecule has 2 aromatic rings. The third-order valence-electron chi connectivity index (χ3n) is 4.82. The van der Waals surface area contributed by atoms with Crippen molar-refractivity contribution in [3.05, 3.63) is 53.6 Å². The molecule has 0 spiro atoms. The van der Waals surface area contributed by atoms with Crippen LogP contribution >= 0.6 is 0 Å². The average molecular weight is 397 g/mol. The van der Waals surface area contributed by atoms with E-state index in [4.69, 9.17) is 9.47 Å². The largest absolute Gasteiger partial charge is 0.493 e. The van der Waals surface area contributed by atoms with Crippen molar-refractivity contribution in [2.45, 2.75) is 19.4 Å². The number of carbonyl (C=O) groups is 2. The normalized spacial score (nSPS) is 13.4. The van der Waals surface area contributed by atoms with Gasteiger partial charge in [0.15, 0.2) is 0 Å². The summed E-state index contributed by atoms with van der Waals surface area (Å²) < 4.78 is 11.0. The summed E-state index contributed by atoms with van der Waals surface area (Å²) in [6, 6.07) is 13.0. The number of para-hydroxylation sites is 2.